The summed E-state index contributed by atoms with van der Waals surface area (Å²) in [6, 6.07) is 16.1. The maximum atomic E-state index is 12.4. The van der Waals surface area contributed by atoms with Gasteiger partial charge in [0.2, 0.25) is 5.91 Å². The van der Waals surface area contributed by atoms with Crippen molar-refractivity contribution in [1.82, 2.24) is 9.88 Å². The highest BCUT2D eigenvalue weighted by atomic mass is 16.3. The van der Waals surface area contributed by atoms with Crippen molar-refractivity contribution >= 4 is 16.8 Å². The Bertz CT molecular complexity index is 946. The number of nitrogens with one attached hydrogen (secondary N) is 1. The summed E-state index contributed by atoms with van der Waals surface area (Å²) in [5.41, 5.74) is 1.60. The van der Waals surface area contributed by atoms with Crippen molar-refractivity contribution in [3.8, 4) is 5.75 Å². The number of aromatic hydroxyl groups is 1. The molecule has 2 aromatic carbocycles. The molecule has 0 saturated carbocycles. The third-order valence-electron chi connectivity index (χ3n) is 4.00. The number of phenols is 1. The highest BCUT2D eigenvalue weighted by molar-refractivity contribution is 5.82. The number of fused-ring (bicyclic) bond motifs is 1. The van der Waals surface area contributed by atoms with Gasteiger partial charge >= 0.3 is 0 Å². The topological polar surface area (TPSA) is 73.4 Å². The molecule has 3 rings (SSSR count). The summed E-state index contributed by atoms with van der Waals surface area (Å²) in [6.07, 6.45) is 0.0181. The van der Waals surface area contributed by atoms with Crippen LogP contribution in [-0.2, 0) is 17.8 Å². The van der Waals surface area contributed by atoms with E-state index >= 15 is 0 Å². The predicted molar refractivity (Wildman–Crippen MR) is 92.9 cm³/mol. The molecule has 0 spiro atoms. The van der Waals surface area contributed by atoms with Gasteiger partial charge in [-0.1, -0.05) is 36.4 Å². The number of H-pyrrole nitrogens is 1. The lowest BCUT2D eigenvalue weighted by atomic mass is 10.1. The molecule has 0 bridgehead atoms. The second-order valence-corrected chi connectivity index (χ2v) is 5.77. The summed E-state index contributed by atoms with van der Waals surface area (Å²) in [4.78, 5) is 28.8. The van der Waals surface area contributed by atoms with E-state index in [1.165, 1.54) is 4.90 Å². The van der Waals surface area contributed by atoms with E-state index in [1.807, 2.05) is 24.3 Å². The number of hydrogen-bond donors (Lipinski definition) is 2. The molecule has 24 heavy (non-hydrogen) atoms. The molecule has 5 nitrogen and oxygen atoms in total. The zero-order valence-corrected chi connectivity index (χ0v) is 13.3. The molecule has 2 N–H and O–H groups in total. The Morgan fingerprint density at radius 3 is 2.58 bits per heavy atom. The number of likely N-dealkylation sites (N-methyl/N-ethyl adjacent to an activating group) is 1. The molecule has 1 aromatic heterocycles. The number of para-hydroxylation sites is 2. The number of nitrogens with zero attached hydrogens (tertiary/aromatic N) is 1. The largest absolute Gasteiger partial charge is 0.508 e. The fraction of sp³-hybridized carbons (Fsp3) is 0.158. The Hall–Kier alpha value is -3.08. The number of aromatic nitrogens is 1. The number of phenolic OH excluding ortho intramolecular Hbond substituents is 1. The zero-order valence-electron chi connectivity index (χ0n) is 13.3. The minimum Gasteiger partial charge on any atom is -0.508 e. The average molecular weight is 322 g/mol. The molecule has 0 saturated heterocycles. The van der Waals surface area contributed by atoms with Crippen molar-refractivity contribution in [2.45, 2.75) is 13.0 Å². The minimum absolute atomic E-state index is 0.0181. The highest BCUT2D eigenvalue weighted by Crippen LogP contribution is 2.17. The van der Waals surface area contributed by atoms with Crippen LogP contribution in [0.4, 0.5) is 0 Å². The van der Waals surface area contributed by atoms with E-state index in [9.17, 15) is 14.7 Å². The second kappa shape index (κ2) is 6.58. The molecule has 0 atom stereocenters. The molecule has 3 aromatic rings. The Kier molecular flexibility index (Phi) is 4.33. The minimum atomic E-state index is -0.252. The van der Waals surface area contributed by atoms with Crippen LogP contribution >= 0.6 is 0 Å². The van der Waals surface area contributed by atoms with Gasteiger partial charge in [-0.2, -0.15) is 0 Å². The van der Waals surface area contributed by atoms with Gasteiger partial charge in [0.15, 0.2) is 0 Å². The molecular formula is C19H18N2O3. The number of amides is 1. The SMILES string of the molecule is CN(Cc1ccccc1O)C(=O)Cc1cc2ccccc2[nH]c1=O. The van der Waals surface area contributed by atoms with Crippen LogP contribution in [0.3, 0.4) is 0 Å². The van der Waals surface area contributed by atoms with Crippen LogP contribution in [0.25, 0.3) is 10.9 Å². The van der Waals surface area contributed by atoms with Gasteiger partial charge in [-0.05, 0) is 23.6 Å². The molecule has 5 heteroatoms. The average Bonchev–Trinajstić information content (AvgIpc) is 2.57. The van der Waals surface area contributed by atoms with Crippen LogP contribution in [0.2, 0.25) is 0 Å². The summed E-state index contributed by atoms with van der Waals surface area (Å²) < 4.78 is 0. The van der Waals surface area contributed by atoms with Gasteiger partial charge in [-0.25, -0.2) is 0 Å². The van der Waals surface area contributed by atoms with Gasteiger partial charge in [-0.3, -0.25) is 9.59 Å². The van der Waals surface area contributed by atoms with Gasteiger partial charge < -0.3 is 15.0 Å². The number of carbonyl (C=O) groups is 1. The maximum Gasteiger partial charge on any atom is 0.252 e. The normalized spacial score (nSPS) is 10.7. The summed E-state index contributed by atoms with van der Waals surface area (Å²) >= 11 is 0. The summed E-state index contributed by atoms with van der Waals surface area (Å²) in [6.45, 7) is 0.289. The molecule has 0 aliphatic rings. The third-order valence-corrected chi connectivity index (χ3v) is 4.00. The monoisotopic (exact) mass is 322 g/mol. The zero-order chi connectivity index (χ0) is 17.1. The number of carbonyl (C=O) groups excluding carboxylic acids is 1. The molecule has 122 valence electrons. The van der Waals surface area contributed by atoms with Gasteiger partial charge in [0.05, 0.1) is 6.42 Å². The molecule has 1 amide bonds. The van der Waals surface area contributed by atoms with Gasteiger partial charge in [0.25, 0.3) is 5.56 Å². The summed E-state index contributed by atoms with van der Waals surface area (Å²) in [5.74, 6) is -0.0280. The van der Waals surface area contributed by atoms with Crippen LogP contribution in [0, 0.1) is 0 Å². The van der Waals surface area contributed by atoms with Gasteiger partial charge in [0.1, 0.15) is 5.75 Å². The number of hydrogen-bond acceptors (Lipinski definition) is 3. The van der Waals surface area contributed by atoms with Crippen molar-refractivity contribution in [1.29, 1.82) is 0 Å². The van der Waals surface area contributed by atoms with E-state index in [0.717, 1.165) is 10.9 Å². The van der Waals surface area contributed by atoms with Gasteiger partial charge in [-0.15, -0.1) is 0 Å². The van der Waals surface area contributed by atoms with Crippen LogP contribution in [-0.4, -0.2) is 27.9 Å². The van der Waals surface area contributed by atoms with Crippen LogP contribution in [0.1, 0.15) is 11.1 Å². The molecule has 1 heterocycles. The number of aromatic amines is 1. The lowest BCUT2D eigenvalue weighted by molar-refractivity contribution is -0.129. The van der Waals surface area contributed by atoms with Crippen molar-refractivity contribution in [2.24, 2.45) is 0 Å². The van der Waals surface area contributed by atoms with E-state index in [-0.39, 0.29) is 30.2 Å². The molecule has 0 radical (unpaired) electrons. The van der Waals surface area contributed by atoms with Crippen molar-refractivity contribution in [2.75, 3.05) is 7.05 Å². The van der Waals surface area contributed by atoms with E-state index < -0.39 is 0 Å². The molecular weight excluding hydrogens is 304 g/mol. The fourth-order valence-corrected chi connectivity index (χ4v) is 2.61. The lowest BCUT2D eigenvalue weighted by Gasteiger charge is -2.18. The maximum absolute atomic E-state index is 12.4. The Morgan fingerprint density at radius 1 is 1.08 bits per heavy atom. The Morgan fingerprint density at radius 2 is 1.79 bits per heavy atom. The first kappa shape index (κ1) is 15.8. The van der Waals surface area contributed by atoms with E-state index in [2.05, 4.69) is 4.98 Å². The van der Waals surface area contributed by atoms with Crippen molar-refractivity contribution in [3.63, 3.8) is 0 Å². The highest BCUT2D eigenvalue weighted by Gasteiger charge is 2.14. The standard InChI is InChI=1S/C19H18N2O3/c1-21(12-14-7-3-5-9-17(14)22)18(23)11-15-10-13-6-2-4-8-16(13)20-19(15)24/h2-10,22H,11-12H2,1H3,(H,20,24). The molecule has 0 aliphatic carbocycles. The third kappa shape index (κ3) is 3.30. The van der Waals surface area contributed by atoms with Crippen LogP contribution < -0.4 is 5.56 Å². The first-order chi connectivity index (χ1) is 11.5. The van der Waals surface area contributed by atoms with Crippen molar-refractivity contribution < 1.29 is 9.90 Å². The van der Waals surface area contributed by atoms with Crippen molar-refractivity contribution in [3.05, 3.63) is 76.1 Å². The van der Waals surface area contributed by atoms with E-state index in [4.69, 9.17) is 0 Å². The van der Waals surface area contributed by atoms with Gasteiger partial charge in [0, 0.05) is 30.2 Å². The summed E-state index contributed by atoms with van der Waals surface area (Å²) in [7, 11) is 1.66. The number of pyridine rings is 1. The van der Waals surface area contributed by atoms with Crippen LogP contribution in [0.5, 0.6) is 5.75 Å². The number of rotatable bonds is 4. The predicted octanol–water partition coefficient (Wildman–Crippen LogP) is 2.43. The van der Waals surface area contributed by atoms with Crippen LogP contribution in [0.15, 0.2) is 59.4 Å². The molecule has 0 unspecified atom stereocenters. The first-order valence-electron chi connectivity index (χ1n) is 7.66. The Labute approximate surface area is 139 Å². The lowest BCUT2D eigenvalue weighted by Crippen LogP contribution is -2.29. The second-order valence-electron chi connectivity index (χ2n) is 5.77. The quantitative estimate of drug-likeness (QED) is 0.775. The van der Waals surface area contributed by atoms with E-state index in [0.29, 0.717) is 11.1 Å². The smallest absolute Gasteiger partial charge is 0.252 e. The summed E-state index contributed by atoms with van der Waals surface area (Å²) in [5, 5.41) is 10.7. The first-order valence-corrected chi connectivity index (χ1v) is 7.66. The Balaban J connectivity index is 1.78. The molecule has 0 fully saturated rings. The number of benzene rings is 2. The fourth-order valence-electron chi connectivity index (χ4n) is 2.61. The molecule has 0 aliphatic heterocycles. The van der Waals surface area contributed by atoms with E-state index in [1.54, 1.807) is 37.4 Å².